The molecule has 0 N–H and O–H groups in total. The van der Waals surface area contributed by atoms with Crippen molar-refractivity contribution in [2.24, 2.45) is 0 Å². The van der Waals surface area contributed by atoms with Gasteiger partial charge in [0.05, 0.1) is 27.2 Å². The number of hydrogen-bond acceptors (Lipinski definition) is 5. The number of anilines is 1. The van der Waals surface area contributed by atoms with Gasteiger partial charge in [-0.2, -0.15) is 4.31 Å². The minimum Gasteiger partial charge on any atom is -0.348 e. The van der Waals surface area contributed by atoms with Crippen molar-refractivity contribution in [1.29, 1.82) is 0 Å². The topological polar surface area (TPSA) is 78.2 Å². The van der Waals surface area contributed by atoms with Crippen molar-refractivity contribution < 1.29 is 17.6 Å². The predicted octanol–water partition coefficient (Wildman–Crippen LogP) is 3.65. The van der Waals surface area contributed by atoms with Gasteiger partial charge in [-0.1, -0.05) is 25.4 Å². The number of sulfonamides is 1. The normalized spacial score (nSPS) is 20.3. The summed E-state index contributed by atoms with van der Waals surface area (Å²) in [6, 6.07) is 7.21. The number of halogens is 2. The number of rotatable bonds is 6. The average molecular weight is 520 g/mol. The van der Waals surface area contributed by atoms with Gasteiger partial charge < -0.3 is 9.80 Å². The molecule has 2 fully saturated rings. The highest BCUT2D eigenvalue weighted by Crippen LogP contribution is 2.37. The van der Waals surface area contributed by atoms with Gasteiger partial charge in [0.1, 0.15) is 18.0 Å². The number of imidazole rings is 1. The summed E-state index contributed by atoms with van der Waals surface area (Å²) in [5.74, 6) is 0.0441. The molecule has 2 saturated heterocycles. The number of pyridine rings is 1. The number of likely N-dealkylation sites (tertiary alicyclic amines) is 1. The van der Waals surface area contributed by atoms with Crippen LogP contribution in [0, 0.1) is 5.82 Å². The molecule has 4 heterocycles. The molecular weight excluding hydrogens is 493 g/mol. The van der Waals surface area contributed by atoms with Crippen molar-refractivity contribution in [3.63, 3.8) is 0 Å². The molecule has 1 aromatic carbocycles. The van der Waals surface area contributed by atoms with Crippen LogP contribution >= 0.6 is 11.6 Å². The number of amides is 1. The Balaban J connectivity index is 1.49. The lowest BCUT2D eigenvalue weighted by Gasteiger charge is -2.42. The summed E-state index contributed by atoms with van der Waals surface area (Å²) in [4.78, 5) is 21.7. The Hall–Kier alpha value is -2.69. The van der Waals surface area contributed by atoms with Crippen molar-refractivity contribution in [2.75, 3.05) is 31.1 Å². The number of carbonyl (C=O) groups excluding carboxylic acids is 1. The number of nitrogens with zero attached hydrogens (tertiary/aromatic N) is 5. The van der Waals surface area contributed by atoms with Crippen molar-refractivity contribution >= 4 is 38.9 Å². The monoisotopic (exact) mass is 519 g/mol. The second kappa shape index (κ2) is 9.07. The number of benzene rings is 1. The van der Waals surface area contributed by atoms with E-state index in [9.17, 15) is 17.6 Å². The van der Waals surface area contributed by atoms with E-state index in [2.05, 4.69) is 9.88 Å². The number of fused-ring (bicyclic) bond motifs is 3. The molecule has 0 aliphatic carbocycles. The Morgan fingerprint density at radius 1 is 1.14 bits per heavy atom. The summed E-state index contributed by atoms with van der Waals surface area (Å²) in [5.41, 5.74) is 0.981. The molecule has 5 rings (SSSR count). The zero-order valence-corrected chi connectivity index (χ0v) is 21.1. The fourth-order valence-electron chi connectivity index (χ4n) is 5.32. The summed E-state index contributed by atoms with van der Waals surface area (Å²) in [5, 5.41) is 0.0965. The van der Waals surface area contributed by atoms with Crippen LogP contribution in [0.1, 0.15) is 37.0 Å². The molecule has 35 heavy (non-hydrogen) atoms. The molecule has 8 nitrogen and oxygen atoms in total. The second-order valence-electron chi connectivity index (χ2n) is 8.95. The van der Waals surface area contributed by atoms with Gasteiger partial charge in [-0.3, -0.25) is 9.20 Å². The zero-order valence-electron chi connectivity index (χ0n) is 19.6. The summed E-state index contributed by atoms with van der Waals surface area (Å²) in [6.45, 7) is 5.35. The first-order valence-corrected chi connectivity index (χ1v) is 13.5. The van der Waals surface area contributed by atoms with Crippen LogP contribution in [0.2, 0.25) is 5.02 Å². The van der Waals surface area contributed by atoms with Crippen LogP contribution in [0.15, 0.2) is 47.8 Å². The lowest BCUT2D eigenvalue weighted by Crippen LogP contribution is -2.56. The standard InChI is InChI=1S/C24H27ClFN5O3S/c1-3-29(4-2)35(33,34)20-10-19-12-27-15-30(19)23(11-20)31-17-6-7-18(31)14-28(13-17)24(32)21-8-5-16(26)9-22(21)25/h5,8-12,15,17-18H,3-4,6-7,13-14H2,1-2H3/t17-,18+. The third-order valence-corrected chi connectivity index (χ3v) is 9.35. The van der Waals surface area contributed by atoms with E-state index in [1.165, 1.54) is 16.4 Å². The largest absolute Gasteiger partial charge is 0.348 e. The number of hydrogen-bond donors (Lipinski definition) is 0. The summed E-state index contributed by atoms with van der Waals surface area (Å²) >= 11 is 6.15. The fraction of sp³-hybridized carbons (Fsp3) is 0.417. The quantitative estimate of drug-likeness (QED) is 0.497. The van der Waals surface area contributed by atoms with E-state index in [1.807, 2.05) is 18.2 Å². The van der Waals surface area contributed by atoms with Crippen LogP contribution in [-0.2, 0) is 10.0 Å². The van der Waals surface area contributed by atoms with Crippen molar-refractivity contribution in [1.82, 2.24) is 18.6 Å². The molecule has 0 spiro atoms. The molecule has 11 heteroatoms. The molecule has 2 atom stereocenters. The lowest BCUT2D eigenvalue weighted by atomic mass is 10.1. The van der Waals surface area contributed by atoms with Crippen molar-refractivity contribution in [3.05, 3.63) is 59.3 Å². The highest BCUT2D eigenvalue weighted by atomic mass is 35.5. The van der Waals surface area contributed by atoms with E-state index < -0.39 is 15.8 Å². The smallest absolute Gasteiger partial charge is 0.255 e. The molecule has 2 aliphatic rings. The first-order valence-electron chi connectivity index (χ1n) is 11.7. The van der Waals surface area contributed by atoms with Crippen molar-refractivity contribution in [2.45, 2.75) is 43.7 Å². The SMILES string of the molecule is CCN(CC)S(=O)(=O)c1cc(N2[C@@H]3CC[C@H]2CN(C(=O)c2ccc(F)cc2Cl)C3)n2cncc2c1. The second-order valence-corrected chi connectivity index (χ2v) is 11.3. The van der Waals surface area contributed by atoms with Crippen LogP contribution in [0.25, 0.3) is 5.52 Å². The van der Waals surface area contributed by atoms with E-state index in [1.54, 1.807) is 29.6 Å². The fourth-order valence-corrected chi connectivity index (χ4v) is 7.07. The Labute approximate surface area is 208 Å². The number of aromatic nitrogens is 2. The van der Waals surface area contributed by atoms with E-state index in [0.717, 1.165) is 24.7 Å². The summed E-state index contributed by atoms with van der Waals surface area (Å²) in [7, 11) is -3.66. The maximum atomic E-state index is 13.5. The average Bonchev–Trinajstić information content (AvgIpc) is 3.40. The van der Waals surface area contributed by atoms with E-state index in [-0.39, 0.29) is 33.5 Å². The molecule has 2 aliphatic heterocycles. The highest BCUT2D eigenvalue weighted by Gasteiger charge is 2.43. The van der Waals surface area contributed by atoms with Crippen LogP contribution < -0.4 is 4.90 Å². The molecule has 2 bridgehead atoms. The molecule has 1 amide bonds. The maximum Gasteiger partial charge on any atom is 0.255 e. The minimum atomic E-state index is -3.66. The molecule has 2 aromatic heterocycles. The van der Waals surface area contributed by atoms with E-state index >= 15 is 0 Å². The van der Waals surface area contributed by atoms with E-state index in [4.69, 9.17) is 11.6 Å². The van der Waals surface area contributed by atoms with Gasteiger partial charge in [-0.15, -0.1) is 0 Å². The summed E-state index contributed by atoms with van der Waals surface area (Å²) in [6.07, 6.45) is 5.08. The first-order chi connectivity index (χ1) is 16.7. The Bertz CT molecular complexity index is 1380. The van der Waals surface area contributed by atoms with Gasteiger partial charge in [0.2, 0.25) is 10.0 Å². The number of piperazine rings is 1. The third-order valence-electron chi connectivity index (χ3n) is 7.01. The van der Waals surface area contributed by atoms with Crippen LogP contribution in [-0.4, -0.2) is 71.2 Å². The molecule has 0 unspecified atom stereocenters. The minimum absolute atomic E-state index is 0.00827. The maximum absolute atomic E-state index is 13.5. The van der Waals surface area contributed by atoms with Crippen molar-refractivity contribution in [3.8, 4) is 0 Å². The Morgan fingerprint density at radius 3 is 2.46 bits per heavy atom. The molecule has 0 radical (unpaired) electrons. The van der Waals surface area contributed by atoms with Crippen LogP contribution in [0.4, 0.5) is 10.2 Å². The van der Waals surface area contributed by atoms with Crippen LogP contribution in [0.3, 0.4) is 0 Å². The number of carbonyl (C=O) groups is 1. The van der Waals surface area contributed by atoms with Gasteiger partial charge in [-0.25, -0.2) is 17.8 Å². The van der Waals surface area contributed by atoms with E-state index in [0.29, 0.717) is 31.7 Å². The molecular formula is C24H27ClFN5O3S. The molecule has 186 valence electrons. The van der Waals surface area contributed by atoms with Crippen LogP contribution in [0.5, 0.6) is 0 Å². The Kier molecular flexibility index (Phi) is 6.23. The highest BCUT2D eigenvalue weighted by molar-refractivity contribution is 7.89. The third kappa shape index (κ3) is 4.07. The van der Waals surface area contributed by atoms with Gasteiger partial charge in [0, 0.05) is 38.3 Å². The van der Waals surface area contributed by atoms with Gasteiger partial charge in [-0.05, 0) is 43.2 Å². The first kappa shape index (κ1) is 24.0. The lowest BCUT2D eigenvalue weighted by molar-refractivity contribution is 0.0717. The molecule has 0 saturated carbocycles. The zero-order chi connectivity index (χ0) is 24.9. The molecule has 3 aromatic rings. The van der Waals surface area contributed by atoms with Gasteiger partial charge in [0.25, 0.3) is 5.91 Å². The van der Waals surface area contributed by atoms with Gasteiger partial charge in [0.15, 0.2) is 0 Å². The Morgan fingerprint density at radius 2 is 1.83 bits per heavy atom. The summed E-state index contributed by atoms with van der Waals surface area (Å²) < 4.78 is 43.4. The predicted molar refractivity (Wildman–Crippen MR) is 132 cm³/mol. The van der Waals surface area contributed by atoms with Gasteiger partial charge >= 0.3 is 0 Å².